The van der Waals surface area contributed by atoms with Gasteiger partial charge in [-0.3, -0.25) is 4.79 Å². The van der Waals surface area contributed by atoms with Gasteiger partial charge in [-0.15, -0.1) is 0 Å². The number of aromatic nitrogens is 3. The predicted molar refractivity (Wildman–Crippen MR) is 92.7 cm³/mol. The van der Waals surface area contributed by atoms with E-state index in [0.29, 0.717) is 31.2 Å². The lowest BCUT2D eigenvalue weighted by Crippen LogP contribution is -2.51. The molecule has 8 heteroatoms. The fourth-order valence-electron chi connectivity index (χ4n) is 3.48. The Bertz CT molecular complexity index is 1080. The van der Waals surface area contributed by atoms with Gasteiger partial charge in [0, 0.05) is 18.4 Å². The SMILES string of the molecule is N#CN1CCC2(CNc3ccc(-n4ncc5ccccc54)nc3O2)C1=O. The summed E-state index contributed by atoms with van der Waals surface area (Å²) in [7, 11) is 0. The van der Waals surface area contributed by atoms with Gasteiger partial charge in [0.05, 0.1) is 23.9 Å². The third kappa shape index (κ3) is 1.97. The molecule has 4 heterocycles. The zero-order chi connectivity index (χ0) is 17.7. The van der Waals surface area contributed by atoms with Crippen molar-refractivity contribution in [1.29, 1.82) is 5.26 Å². The minimum absolute atomic E-state index is 0.322. The fraction of sp³-hybridized carbons (Fsp3) is 0.222. The molecule has 26 heavy (non-hydrogen) atoms. The molecule has 1 spiro atoms. The molecule has 0 radical (unpaired) electrons. The monoisotopic (exact) mass is 346 g/mol. The van der Waals surface area contributed by atoms with Crippen molar-refractivity contribution in [2.45, 2.75) is 12.0 Å². The van der Waals surface area contributed by atoms with Gasteiger partial charge in [-0.05, 0) is 18.2 Å². The summed E-state index contributed by atoms with van der Waals surface area (Å²) in [4.78, 5) is 18.2. The lowest BCUT2D eigenvalue weighted by molar-refractivity contribution is -0.138. The van der Waals surface area contributed by atoms with Gasteiger partial charge in [-0.25, -0.2) is 9.58 Å². The van der Waals surface area contributed by atoms with E-state index in [0.717, 1.165) is 21.5 Å². The first-order chi connectivity index (χ1) is 12.7. The molecule has 1 saturated heterocycles. The van der Waals surface area contributed by atoms with Crippen LogP contribution >= 0.6 is 0 Å². The molecular formula is C18H14N6O2. The second-order valence-electron chi connectivity index (χ2n) is 6.39. The highest BCUT2D eigenvalue weighted by Crippen LogP contribution is 2.37. The van der Waals surface area contributed by atoms with E-state index in [1.807, 2.05) is 42.6 Å². The highest BCUT2D eigenvalue weighted by atomic mass is 16.5. The van der Waals surface area contributed by atoms with E-state index in [9.17, 15) is 4.79 Å². The predicted octanol–water partition coefficient (Wildman–Crippen LogP) is 1.68. The Balaban J connectivity index is 1.55. The number of ether oxygens (including phenoxy) is 1. The van der Waals surface area contributed by atoms with Gasteiger partial charge in [0.2, 0.25) is 11.5 Å². The van der Waals surface area contributed by atoms with Crippen molar-refractivity contribution in [2.24, 2.45) is 0 Å². The van der Waals surface area contributed by atoms with Crippen LogP contribution in [0.3, 0.4) is 0 Å². The molecule has 2 aliphatic rings. The lowest BCUT2D eigenvalue weighted by atomic mass is 10.0. The van der Waals surface area contributed by atoms with Gasteiger partial charge < -0.3 is 10.1 Å². The molecule has 2 aliphatic heterocycles. The van der Waals surface area contributed by atoms with E-state index >= 15 is 0 Å². The summed E-state index contributed by atoms with van der Waals surface area (Å²) in [6.07, 6.45) is 4.13. The number of carbonyl (C=O) groups excluding carboxylic acids is 1. The Morgan fingerprint density at radius 2 is 2.15 bits per heavy atom. The van der Waals surface area contributed by atoms with Crippen LogP contribution in [0, 0.1) is 11.5 Å². The minimum atomic E-state index is -1.07. The first-order valence-corrected chi connectivity index (χ1v) is 8.29. The molecule has 1 fully saturated rings. The Morgan fingerprint density at radius 1 is 1.27 bits per heavy atom. The molecular weight excluding hydrogens is 332 g/mol. The molecule has 3 aromatic rings. The molecule has 1 N–H and O–H groups in total. The van der Waals surface area contributed by atoms with Crippen LogP contribution in [0.15, 0.2) is 42.6 Å². The van der Waals surface area contributed by atoms with E-state index in [1.54, 1.807) is 10.9 Å². The van der Waals surface area contributed by atoms with Crippen molar-refractivity contribution in [2.75, 3.05) is 18.4 Å². The van der Waals surface area contributed by atoms with E-state index in [2.05, 4.69) is 15.4 Å². The average molecular weight is 346 g/mol. The molecule has 128 valence electrons. The number of hydrogen-bond donors (Lipinski definition) is 1. The third-order valence-electron chi connectivity index (χ3n) is 4.89. The number of nitrogens with zero attached hydrogens (tertiary/aromatic N) is 5. The molecule has 8 nitrogen and oxygen atoms in total. The Labute approximate surface area is 148 Å². The van der Waals surface area contributed by atoms with Crippen LogP contribution in [-0.4, -0.2) is 44.3 Å². The standard InChI is InChI=1S/C18H14N6O2/c19-11-23-8-7-18(17(23)25)10-20-13-5-6-15(22-16(13)26-18)24-14-4-2-1-3-12(14)9-21-24/h1-6,9,20H,7-8,10H2. The second kappa shape index (κ2) is 5.20. The maximum Gasteiger partial charge on any atom is 0.281 e. The zero-order valence-corrected chi connectivity index (χ0v) is 13.7. The fourth-order valence-corrected chi connectivity index (χ4v) is 3.48. The number of carbonyl (C=O) groups is 1. The van der Waals surface area contributed by atoms with Crippen LogP contribution in [0.2, 0.25) is 0 Å². The van der Waals surface area contributed by atoms with Crippen LogP contribution in [0.5, 0.6) is 5.88 Å². The van der Waals surface area contributed by atoms with Gasteiger partial charge in [0.1, 0.15) is 0 Å². The van der Waals surface area contributed by atoms with Gasteiger partial charge in [-0.2, -0.15) is 15.3 Å². The number of fused-ring (bicyclic) bond motifs is 2. The number of benzene rings is 1. The first-order valence-electron chi connectivity index (χ1n) is 8.29. The topological polar surface area (TPSA) is 96.1 Å². The number of anilines is 1. The Morgan fingerprint density at radius 3 is 3.00 bits per heavy atom. The van der Waals surface area contributed by atoms with Crippen molar-refractivity contribution in [1.82, 2.24) is 19.7 Å². The molecule has 1 unspecified atom stereocenters. The van der Waals surface area contributed by atoms with Crippen molar-refractivity contribution < 1.29 is 9.53 Å². The second-order valence-corrected chi connectivity index (χ2v) is 6.39. The van der Waals surface area contributed by atoms with Crippen molar-refractivity contribution >= 4 is 22.5 Å². The maximum absolute atomic E-state index is 12.5. The van der Waals surface area contributed by atoms with Crippen LogP contribution in [-0.2, 0) is 4.79 Å². The molecule has 1 amide bonds. The number of rotatable bonds is 1. The number of hydrogen-bond acceptors (Lipinski definition) is 6. The summed E-state index contributed by atoms with van der Waals surface area (Å²) in [5.41, 5.74) is 0.589. The largest absolute Gasteiger partial charge is 0.457 e. The molecule has 1 atom stereocenters. The van der Waals surface area contributed by atoms with E-state index in [1.165, 1.54) is 0 Å². The average Bonchev–Trinajstić information content (AvgIpc) is 3.23. The molecule has 5 rings (SSSR count). The van der Waals surface area contributed by atoms with Gasteiger partial charge >= 0.3 is 0 Å². The third-order valence-corrected chi connectivity index (χ3v) is 4.89. The minimum Gasteiger partial charge on any atom is -0.457 e. The summed E-state index contributed by atoms with van der Waals surface area (Å²) < 4.78 is 7.75. The zero-order valence-electron chi connectivity index (χ0n) is 13.7. The van der Waals surface area contributed by atoms with Crippen LogP contribution < -0.4 is 10.1 Å². The quantitative estimate of drug-likeness (QED) is 0.674. The Kier molecular flexibility index (Phi) is 2.94. The van der Waals surface area contributed by atoms with Gasteiger partial charge in [0.25, 0.3) is 5.91 Å². The van der Waals surface area contributed by atoms with E-state index in [4.69, 9.17) is 10.00 Å². The number of amides is 1. The van der Waals surface area contributed by atoms with Gasteiger partial charge in [-0.1, -0.05) is 18.2 Å². The van der Waals surface area contributed by atoms with Crippen LogP contribution in [0.25, 0.3) is 16.7 Å². The normalized spacial score (nSPS) is 21.3. The number of likely N-dealkylation sites (tertiary alicyclic amines) is 1. The molecule has 0 saturated carbocycles. The van der Waals surface area contributed by atoms with Crippen LogP contribution in [0.4, 0.5) is 5.69 Å². The molecule has 0 aliphatic carbocycles. The summed E-state index contributed by atoms with van der Waals surface area (Å²) in [5.74, 6) is 0.628. The lowest BCUT2D eigenvalue weighted by Gasteiger charge is -2.33. The first kappa shape index (κ1) is 14.7. The Hall–Kier alpha value is -3.60. The van der Waals surface area contributed by atoms with Crippen molar-refractivity contribution in [3.05, 3.63) is 42.6 Å². The highest BCUT2D eigenvalue weighted by Gasteiger charge is 2.51. The highest BCUT2D eigenvalue weighted by molar-refractivity contribution is 5.90. The number of pyridine rings is 1. The molecule has 2 aromatic heterocycles. The maximum atomic E-state index is 12.5. The van der Waals surface area contributed by atoms with E-state index in [-0.39, 0.29) is 5.91 Å². The summed E-state index contributed by atoms with van der Waals surface area (Å²) in [6.45, 7) is 0.679. The summed E-state index contributed by atoms with van der Waals surface area (Å²) >= 11 is 0. The summed E-state index contributed by atoms with van der Waals surface area (Å²) in [5, 5.41) is 17.7. The van der Waals surface area contributed by atoms with Crippen molar-refractivity contribution in [3.8, 4) is 17.9 Å². The number of nitrogens with one attached hydrogen (secondary N) is 1. The smallest absolute Gasteiger partial charge is 0.281 e. The van der Waals surface area contributed by atoms with Crippen molar-refractivity contribution in [3.63, 3.8) is 0 Å². The van der Waals surface area contributed by atoms with Gasteiger partial charge in [0.15, 0.2) is 12.0 Å². The molecule has 1 aromatic carbocycles. The summed E-state index contributed by atoms with van der Waals surface area (Å²) in [6, 6.07) is 11.6. The number of nitriles is 1. The number of para-hydroxylation sites is 1. The molecule has 0 bridgehead atoms. The van der Waals surface area contributed by atoms with Crippen LogP contribution in [0.1, 0.15) is 6.42 Å². The van der Waals surface area contributed by atoms with E-state index < -0.39 is 5.60 Å².